The van der Waals surface area contributed by atoms with Crippen LogP contribution < -0.4 is 0 Å². The summed E-state index contributed by atoms with van der Waals surface area (Å²) in [6, 6.07) is 12.1. The lowest BCUT2D eigenvalue weighted by atomic mass is 9.76. The van der Waals surface area contributed by atoms with E-state index in [-0.39, 0.29) is 0 Å². The van der Waals surface area contributed by atoms with Gasteiger partial charge in [0.2, 0.25) is 0 Å². The van der Waals surface area contributed by atoms with Crippen LogP contribution in [0.1, 0.15) is 30.7 Å². The minimum atomic E-state index is 0.321. The van der Waals surface area contributed by atoms with E-state index in [9.17, 15) is 5.11 Å². The van der Waals surface area contributed by atoms with Crippen LogP contribution in [-0.4, -0.2) is 35.7 Å². The normalized spacial score (nSPS) is 37.3. The largest absolute Gasteiger partial charge is 0.396 e. The van der Waals surface area contributed by atoms with Crippen LogP contribution in [0.3, 0.4) is 0 Å². The van der Waals surface area contributed by atoms with Crippen LogP contribution >= 0.6 is 0 Å². The molecule has 2 aliphatic rings. The Labute approximate surface area is 103 Å². The van der Waals surface area contributed by atoms with Gasteiger partial charge in [0.25, 0.3) is 0 Å². The first-order chi connectivity index (χ1) is 8.31. The number of hydrogen-bond acceptors (Lipinski definition) is 2. The molecule has 0 amide bonds. The molecule has 2 heterocycles. The van der Waals surface area contributed by atoms with Gasteiger partial charge in [0.15, 0.2) is 0 Å². The van der Waals surface area contributed by atoms with E-state index in [0.717, 1.165) is 6.04 Å². The Morgan fingerprint density at radius 3 is 2.71 bits per heavy atom. The Balaban J connectivity index is 1.90. The monoisotopic (exact) mass is 231 g/mol. The predicted octanol–water partition coefficient (Wildman–Crippen LogP) is 2.25. The van der Waals surface area contributed by atoms with Crippen LogP contribution in [-0.2, 0) is 0 Å². The van der Waals surface area contributed by atoms with Gasteiger partial charge in [-0.05, 0) is 37.8 Å². The molecule has 0 saturated carbocycles. The summed E-state index contributed by atoms with van der Waals surface area (Å²) in [6.07, 6.45) is 3.78. The molecule has 92 valence electrons. The van der Waals surface area contributed by atoms with Crippen molar-refractivity contribution in [3.05, 3.63) is 35.9 Å². The van der Waals surface area contributed by atoms with Gasteiger partial charge in [-0.1, -0.05) is 30.3 Å². The molecule has 2 heteroatoms. The smallest absolute Gasteiger partial charge is 0.0480 e. The topological polar surface area (TPSA) is 23.5 Å². The second-order valence-electron chi connectivity index (χ2n) is 5.56. The van der Waals surface area contributed by atoms with Crippen molar-refractivity contribution in [3.63, 3.8) is 0 Å². The molecule has 2 nitrogen and oxygen atoms in total. The zero-order valence-corrected chi connectivity index (χ0v) is 10.4. The maximum atomic E-state index is 9.73. The molecule has 2 saturated heterocycles. The van der Waals surface area contributed by atoms with Crippen LogP contribution in [0.25, 0.3) is 0 Å². The van der Waals surface area contributed by atoms with E-state index in [1.54, 1.807) is 0 Å². The van der Waals surface area contributed by atoms with Crippen molar-refractivity contribution in [3.8, 4) is 0 Å². The van der Waals surface area contributed by atoms with Crippen molar-refractivity contribution >= 4 is 0 Å². The van der Waals surface area contributed by atoms with Gasteiger partial charge in [-0.25, -0.2) is 0 Å². The van der Waals surface area contributed by atoms with Crippen molar-refractivity contribution in [2.45, 2.75) is 37.3 Å². The standard InChI is InChI=1S/C15H21NO/c1-16-12-7-8-15(16)14(10-17)13(9-12)11-5-3-2-4-6-11/h2-6,12-15,17H,7-10H2,1H3/t12?,13-,14-,15?/m1/s1. The number of rotatable bonds is 2. The molecule has 2 bridgehead atoms. The Kier molecular flexibility index (Phi) is 2.93. The van der Waals surface area contributed by atoms with Gasteiger partial charge in [-0.2, -0.15) is 0 Å². The fourth-order valence-electron chi connectivity index (χ4n) is 3.91. The predicted molar refractivity (Wildman–Crippen MR) is 68.9 cm³/mol. The summed E-state index contributed by atoms with van der Waals surface area (Å²) in [5.74, 6) is 0.969. The molecule has 4 atom stereocenters. The molecule has 1 N–H and O–H groups in total. The lowest BCUT2D eigenvalue weighted by Gasteiger charge is -2.42. The van der Waals surface area contributed by atoms with Crippen LogP contribution in [0.2, 0.25) is 0 Å². The van der Waals surface area contributed by atoms with Gasteiger partial charge in [0.05, 0.1) is 0 Å². The van der Waals surface area contributed by atoms with Crippen LogP contribution in [0.15, 0.2) is 30.3 Å². The van der Waals surface area contributed by atoms with Crippen molar-refractivity contribution in [2.75, 3.05) is 13.7 Å². The molecule has 0 spiro atoms. The van der Waals surface area contributed by atoms with Gasteiger partial charge < -0.3 is 10.0 Å². The summed E-state index contributed by atoms with van der Waals surface area (Å²) < 4.78 is 0. The number of benzene rings is 1. The lowest BCUT2D eigenvalue weighted by Crippen LogP contribution is -2.47. The third kappa shape index (κ3) is 1.80. The first-order valence-electron chi connectivity index (χ1n) is 6.69. The van der Waals surface area contributed by atoms with E-state index in [1.807, 2.05) is 0 Å². The van der Waals surface area contributed by atoms with E-state index in [2.05, 4.69) is 42.3 Å². The van der Waals surface area contributed by atoms with Gasteiger partial charge >= 0.3 is 0 Å². The maximum Gasteiger partial charge on any atom is 0.0480 e. The van der Waals surface area contributed by atoms with E-state index < -0.39 is 0 Å². The fraction of sp³-hybridized carbons (Fsp3) is 0.600. The summed E-state index contributed by atoms with van der Waals surface area (Å²) in [5.41, 5.74) is 1.41. The molecule has 2 unspecified atom stereocenters. The third-order valence-electron chi connectivity index (χ3n) is 4.87. The minimum absolute atomic E-state index is 0.321. The number of aliphatic hydroxyl groups is 1. The number of aliphatic hydroxyl groups excluding tert-OH is 1. The molecular formula is C15H21NO. The highest BCUT2D eigenvalue weighted by molar-refractivity contribution is 5.23. The first kappa shape index (κ1) is 11.2. The summed E-state index contributed by atoms with van der Waals surface area (Å²) >= 11 is 0. The van der Waals surface area contributed by atoms with E-state index in [1.165, 1.54) is 24.8 Å². The Bertz CT molecular complexity index is 378. The summed E-state index contributed by atoms with van der Waals surface area (Å²) in [4.78, 5) is 2.50. The van der Waals surface area contributed by atoms with Crippen LogP contribution in [0.4, 0.5) is 0 Å². The van der Waals surface area contributed by atoms with E-state index in [4.69, 9.17) is 0 Å². The summed E-state index contributed by atoms with van der Waals surface area (Å²) in [7, 11) is 2.23. The Hall–Kier alpha value is -0.860. The van der Waals surface area contributed by atoms with Crippen molar-refractivity contribution in [1.29, 1.82) is 0 Å². The highest BCUT2D eigenvalue weighted by Gasteiger charge is 2.45. The second-order valence-corrected chi connectivity index (χ2v) is 5.56. The molecule has 3 rings (SSSR count). The van der Waals surface area contributed by atoms with Crippen LogP contribution in [0.5, 0.6) is 0 Å². The van der Waals surface area contributed by atoms with E-state index in [0.29, 0.717) is 24.5 Å². The number of piperidine rings is 1. The maximum absolute atomic E-state index is 9.73. The summed E-state index contributed by atoms with van der Waals surface area (Å²) in [5, 5.41) is 9.73. The zero-order valence-electron chi connectivity index (χ0n) is 10.4. The molecule has 0 aliphatic carbocycles. The minimum Gasteiger partial charge on any atom is -0.396 e. The van der Waals surface area contributed by atoms with Gasteiger partial charge in [-0.3, -0.25) is 0 Å². The molecule has 0 radical (unpaired) electrons. The average molecular weight is 231 g/mol. The Morgan fingerprint density at radius 2 is 2.00 bits per heavy atom. The molecular weight excluding hydrogens is 210 g/mol. The zero-order chi connectivity index (χ0) is 11.8. The summed E-state index contributed by atoms with van der Waals surface area (Å²) in [6.45, 7) is 0.321. The van der Waals surface area contributed by atoms with Crippen molar-refractivity contribution < 1.29 is 5.11 Å². The Morgan fingerprint density at radius 1 is 1.24 bits per heavy atom. The molecule has 0 aromatic heterocycles. The number of nitrogens with zero attached hydrogens (tertiary/aromatic N) is 1. The van der Waals surface area contributed by atoms with Crippen molar-refractivity contribution in [1.82, 2.24) is 4.90 Å². The van der Waals surface area contributed by atoms with E-state index >= 15 is 0 Å². The van der Waals surface area contributed by atoms with Gasteiger partial charge in [0, 0.05) is 24.6 Å². The lowest BCUT2D eigenvalue weighted by molar-refractivity contribution is 0.0592. The number of hydrogen-bond donors (Lipinski definition) is 1. The second kappa shape index (κ2) is 4.43. The van der Waals surface area contributed by atoms with Gasteiger partial charge in [0.1, 0.15) is 0 Å². The first-order valence-corrected chi connectivity index (χ1v) is 6.69. The molecule has 1 aromatic carbocycles. The highest BCUT2D eigenvalue weighted by atomic mass is 16.3. The third-order valence-corrected chi connectivity index (χ3v) is 4.87. The average Bonchev–Trinajstić information content (AvgIpc) is 2.64. The number of fused-ring (bicyclic) bond motifs is 2. The molecule has 1 aromatic rings. The van der Waals surface area contributed by atoms with Gasteiger partial charge in [-0.15, -0.1) is 0 Å². The van der Waals surface area contributed by atoms with Crippen molar-refractivity contribution in [2.24, 2.45) is 5.92 Å². The molecule has 17 heavy (non-hydrogen) atoms. The highest BCUT2D eigenvalue weighted by Crippen LogP contribution is 2.45. The molecule has 2 fully saturated rings. The fourth-order valence-corrected chi connectivity index (χ4v) is 3.91. The SMILES string of the molecule is CN1C2CCC1[C@H](CO)[C@@H](c1ccccc1)C2. The molecule has 2 aliphatic heterocycles. The van der Waals surface area contributed by atoms with Crippen LogP contribution in [0, 0.1) is 5.92 Å². The quantitative estimate of drug-likeness (QED) is 0.844.